The van der Waals surface area contributed by atoms with Gasteiger partial charge in [0.25, 0.3) is 0 Å². The van der Waals surface area contributed by atoms with Gasteiger partial charge in [-0.05, 0) is 37.1 Å². The molecule has 2 aromatic rings. The minimum Gasteiger partial charge on any atom is -0.294 e. The first kappa shape index (κ1) is 15.3. The van der Waals surface area contributed by atoms with Crippen molar-refractivity contribution < 1.29 is 4.79 Å². The molecule has 2 rings (SSSR count). The maximum atomic E-state index is 12.4. The van der Waals surface area contributed by atoms with E-state index in [0.717, 1.165) is 27.8 Å². The molecule has 0 saturated heterocycles. The van der Waals surface area contributed by atoms with E-state index in [0.29, 0.717) is 10.6 Å². The number of aromatic nitrogens is 2. The highest BCUT2D eigenvalue weighted by molar-refractivity contribution is 9.10. The van der Waals surface area contributed by atoms with Crippen molar-refractivity contribution in [1.29, 1.82) is 0 Å². The second-order valence-corrected chi connectivity index (χ2v) is 6.10. The van der Waals surface area contributed by atoms with Crippen molar-refractivity contribution in [3.8, 4) is 0 Å². The Bertz CT molecular complexity index is 644. The first-order chi connectivity index (χ1) is 9.42. The molecular formula is C15H16BrClN2O. The Morgan fingerprint density at radius 3 is 2.65 bits per heavy atom. The number of carbonyl (C=O) groups is 1. The molecule has 5 heteroatoms. The van der Waals surface area contributed by atoms with E-state index < -0.39 is 0 Å². The van der Waals surface area contributed by atoms with Crippen LogP contribution in [0.5, 0.6) is 0 Å². The number of benzene rings is 1. The molecule has 106 valence electrons. The van der Waals surface area contributed by atoms with E-state index >= 15 is 0 Å². The summed E-state index contributed by atoms with van der Waals surface area (Å²) in [6, 6.07) is 5.70. The van der Waals surface area contributed by atoms with Crippen LogP contribution in [0, 0.1) is 6.92 Å². The Balaban J connectivity index is 2.30. The number of ketones is 1. The zero-order chi connectivity index (χ0) is 14.9. The molecule has 0 aliphatic carbocycles. The fraction of sp³-hybridized carbons (Fsp3) is 0.333. The molecule has 0 atom stereocenters. The Morgan fingerprint density at radius 2 is 2.10 bits per heavy atom. The van der Waals surface area contributed by atoms with Gasteiger partial charge >= 0.3 is 0 Å². The number of rotatable bonds is 4. The van der Waals surface area contributed by atoms with E-state index in [1.54, 1.807) is 4.68 Å². The number of aryl methyl sites for hydroxylation is 3. The number of carbonyl (C=O) groups excluding carboxylic acids is 1. The third-order valence-electron chi connectivity index (χ3n) is 3.20. The predicted molar refractivity (Wildman–Crippen MR) is 84.5 cm³/mol. The Kier molecular flexibility index (Phi) is 4.66. The second kappa shape index (κ2) is 6.10. The summed E-state index contributed by atoms with van der Waals surface area (Å²) < 4.78 is 2.61. The highest BCUT2D eigenvalue weighted by Gasteiger charge is 2.17. The van der Waals surface area contributed by atoms with Gasteiger partial charge in [0.1, 0.15) is 0 Å². The van der Waals surface area contributed by atoms with Crippen LogP contribution < -0.4 is 0 Å². The van der Waals surface area contributed by atoms with Crippen molar-refractivity contribution in [3.63, 3.8) is 0 Å². The van der Waals surface area contributed by atoms with Crippen LogP contribution in [0.2, 0.25) is 5.02 Å². The molecule has 0 fully saturated rings. The van der Waals surface area contributed by atoms with E-state index in [-0.39, 0.29) is 12.2 Å². The van der Waals surface area contributed by atoms with Gasteiger partial charge in [-0.2, -0.15) is 5.10 Å². The van der Waals surface area contributed by atoms with Crippen LogP contribution in [-0.2, 0) is 19.9 Å². The van der Waals surface area contributed by atoms with E-state index in [4.69, 9.17) is 11.6 Å². The van der Waals surface area contributed by atoms with Gasteiger partial charge in [-0.3, -0.25) is 9.48 Å². The van der Waals surface area contributed by atoms with Gasteiger partial charge in [0.05, 0.1) is 22.8 Å². The van der Waals surface area contributed by atoms with Crippen molar-refractivity contribution in [3.05, 3.63) is 50.2 Å². The summed E-state index contributed by atoms with van der Waals surface area (Å²) in [5.41, 5.74) is 3.34. The molecule has 0 saturated carbocycles. The Labute approximate surface area is 132 Å². The third kappa shape index (κ3) is 3.13. The molecule has 0 spiro atoms. The van der Waals surface area contributed by atoms with Crippen LogP contribution >= 0.6 is 27.5 Å². The third-order valence-corrected chi connectivity index (χ3v) is 4.09. The SMILES string of the molecule is CCc1nn(C)c(CC(=O)c2cc(C)cc(Br)c2)c1Cl. The maximum Gasteiger partial charge on any atom is 0.168 e. The average Bonchev–Trinajstić information content (AvgIpc) is 2.65. The van der Waals surface area contributed by atoms with Gasteiger partial charge in [-0.15, -0.1) is 0 Å². The summed E-state index contributed by atoms with van der Waals surface area (Å²) in [7, 11) is 1.82. The molecule has 0 radical (unpaired) electrons. The standard InChI is InChI=1S/C15H16BrClN2O/c1-4-12-15(17)13(19(3)18-12)8-14(20)10-5-9(2)6-11(16)7-10/h5-7H,4,8H2,1-3H3. The first-order valence-electron chi connectivity index (χ1n) is 6.43. The molecule has 0 aliphatic heterocycles. The summed E-state index contributed by atoms with van der Waals surface area (Å²) in [6.45, 7) is 3.96. The molecule has 0 aliphatic rings. The highest BCUT2D eigenvalue weighted by atomic mass is 79.9. The largest absolute Gasteiger partial charge is 0.294 e. The van der Waals surface area contributed by atoms with Crippen LogP contribution in [-0.4, -0.2) is 15.6 Å². The van der Waals surface area contributed by atoms with Crippen LogP contribution in [0.25, 0.3) is 0 Å². The van der Waals surface area contributed by atoms with E-state index in [9.17, 15) is 4.79 Å². The number of Topliss-reactive ketones (excluding diaryl/α,β-unsaturated/α-hetero) is 1. The number of hydrogen-bond donors (Lipinski definition) is 0. The van der Waals surface area contributed by atoms with Crippen LogP contribution in [0.1, 0.15) is 34.2 Å². The van der Waals surface area contributed by atoms with Crippen LogP contribution in [0.15, 0.2) is 22.7 Å². The molecule has 0 amide bonds. The molecular weight excluding hydrogens is 340 g/mol. The molecule has 1 aromatic heterocycles. The quantitative estimate of drug-likeness (QED) is 0.773. The van der Waals surface area contributed by atoms with Crippen LogP contribution in [0.4, 0.5) is 0 Å². The minimum absolute atomic E-state index is 0.0435. The molecule has 1 aromatic carbocycles. The monoisotopic (exact) mass is 354 g/mol. The summed E-state index contributed by atoms with van der Waals surface area (Å²) in [5, 5.41) is 4.94. The molecule has 20 heavy (non-hydrogen) atoms. The fourth-order valence-corrected chi connectivity index (χ4v) is 3.13. The van der Waals surface area contributed by atoms with Crippen molar-refractivity contribution in [2.75, 3.05) is 0 Å². The number of nitrogens with zero attached hydrogens (tertiary/aromatic N) is 2. The van der Waals surface area contributed by atoms with Crippen molar-refractivity contribution in [2.45, 2.75) is 26.7 Å². The van der Waals surface area contributed by atoms with Crippen molar-refractivity contribution >= 4 is 33.3 Å². The normalized spacial score (nSPS) is 10.8. The van der Waals surface area contributed by atoms with Crippen molar-refractivity contribution in [2.24, 2.45) is 7.05 Å². The second-order valence-electron chi connectivity index (χ2n) is 4.80. The summed E-state index contributed by atoms with van der Waals surface area (Å²) in [5.74, 6) is 0.0435. The van der Waals surface area contributed by atoms with Crippen LogP contribution in [0.3, 0.4) is 0 Å². The van der Waals surface area contributed by atoms with Crippen molar-refractivity contribution in [1.82, 2.24) is 9.78 Å². The zero-order valence-electron chi connectivity index (χ0n) is 11.7. The molecule has 0 bridgehead atoms. The van der Waals surface area contributed by atoms with Gasteiger partial charge in [0.15, 0.2) is 5.78 Å². The lowest BCUT2D eigenvalue weighted by Gasteiger charge is -2.05. The number of halogens is 2. The Morgan fingerprint density at radius 1 is 1.40 bits per heavy atom. The lowest BCUT2D eigenvalue weighted by Crippen LogP contribution is -2.08. The van der Waals surface area contributed by atoms with Gasteiger partial charge < -0.3 is 0 Å². The minimum atomic E-state index is 0.0435. The van der Waals surface area contributed by atoms with E-state index in [1.165, 1.54) is 0 Å². The van der Waals surface area contributed by atoms with Gasteiger partial charge in [-0.1, -0.05) is 34.5 Å². The Hall–Kier alpha value is -1.13. The lowest BCUT2D eigenvalue weighted by atomic mass is 10.0. The molecule has 1 heterocycles. The maximum absolute atomic E-state index is 12.4. The predicted octanol–water partition coefficient (Wildman–Crippen LogP) is 4.13. The van der Waals surface area contributed by atoms with Gasteiger partial charge in [-0.25, -0.2) is 0 Å². The lowest BCUT2D eigenvalue weighted by molar-refractivity contribution is 0.0990. The van der Waals surface area contributed by atoms with Gasteiger partial charge in [0.2, 0.25) is 0 Å². The number of hydrogen-bond acceptors (Lipinski definition) is 2. The molecule has 3 nitrogen and oxygen atoms in total. The smallest absolute Gasteiger partial charge is 0.168 e. The highest BCUT2D eigenvalue weighted by Crippen LogP contribution is 2.23. The fourth-order valence-electron chi connectivity index (χ4n) is 2.16. The molecule has 0 N–H and O–H groups in total. The molecule has 0 unspecified atom stereocenters. The summed E-state index contributed by atoms with van der Waals surface area (Å²) in [4.78, 5) is 12.4. The summed E-state index contributed by atoms with van der Waals surface area (Å²) in [6.07, 6.45) is 1.02. The van der Waals surface area contributed by atoms with E-state index in [1.807, 2.05) is 39.1 Å². The zero-order valence-corrected chi connectivity index (χ0v) is 14.0. The van der Waals surface area contributed by atoms with E-state index in [2.05, 4.69) is 21.0 Å². The average molecular weight is 356 g/mol. The van der Waals surface area contributed by atoms with Gasteiger partial charge in [0, 0.05) is 17.1 Å². The topological polar surface area (TPSA) is 34.9 Å². The summed E-state index contributed by atoms with van der Waals surface area (Å²) >= 11 is 9.69. The first-order valence-corrected chi connectivity index (χ1v) is 7.60.